The van der Waals surface area contributed by atoms with Crippen LogP contribution in [0.1, 0.15) is 32.6 Å². The lowest BCUT2D eigenvalue weighted by Crippen LogP contribution is -2.51. The third kappa shape index (κ3) is 3.67. The van der Waals surface area contributed by atoms with Crippen LogP contribution in [0.3, 0.4) is 0 Å². The fourth-order valence-electron chi connectivity index (χ4n) is 2.79. The Kier molecular flexibility index (Phi) is 4.77. The molecule has 2 N–H and O–H groups in total. The van der Waals surface area contributed by atoms with Gasteiger partial charge in [0.15, 0.2) is 0 Å². The minimum absolute atomic E-state index is 0.0274. The van der Waals surface area contributed by atoms with E-state index in [0.717, 1.165) is 25.3 Å². The van der Waals surface area contributed by atoms with Crippen molar-refractivity contribution in [3.8, 4) is 0 Å². The van der Waals surface area contributed by atoms with Crippen molar-refractivity contribution in [3.63, 3.8) is 0 Å². The zero-order valence-electron chi connectivity index (χ0n) is 11.6. The van der Waals surface area contributed by atoms with Crippen molar-refractivity contribution in [1.29, 1.82) is 0 Å². The van der Waals surface area contributed by atoms with Gasteiger partial charge in [0, 0.05) is 30.9 Å². The van der Waals surface area contributed by atoms with E-state index in [1.165, 1.54) is 12.8 Å². The molecule has 19 heavy (non-hydrogen) atoms. The maximum absolute atomic E-state index is 11.6. The molecule has 0 unspecified atom stereocenters. The number of rotatable bonds is 5. The standard InChI is InChI=1S/C15H24N2O2/c1-13-5-7-15(12-18,8-6-13)16-9-11-17-10-3-2-4-14(17)19/h2-4,10,13,16,18H,5-9,11-12H2,1H3. The molecule has 1 saturated carbocycles. The summed E-state index contributed by atoms with van der Waals surface area (Å²) in [6, 6.07) is 5.19. The van der Waals surface area contributed by atoms with Crippen LogP contribution in [0.4, 0.5) is 0 Å². The van der Waals surface area contributed by atoms with Gasteiger partial charge in [-0.2, -0.15) is 0 Å². The monoisotopic (exact) mass is 264 g/mol. The van der Waals surface area contributed by atoms with E-state index in [2.05, 4.69) is 12.2 Å². The lowest BCUT2D eigenvalue weighted by Gasteiger charge is -2.39. The summed E-state index contributed by atoms with van der Waals surface area (Å²) in [6.07, 6.45) is 6.18. The molecule has 1 aliphatic rings. The van der Waals surface area contributed by atoms with E-state index in [0.29, 0.717) is 6.54 Å². The van der Waals surface area contributed by atoms with Crippen LogP contribution in [0.5, 0.6) is 0 Å². The first kappa shape index (κ1) is 14.3. The second-order valence-corrected chi connectivity index (χ2v) is 5.78. The Morgan fingerprint density at radius 1 is 1.42 bits per heavy atom. The predicted molar refractivity (Wildman–Crippen MR) is 76.2 cm³/mol. The van der Waals surface area contributed by atoms with E-state index < -0.39 is 0 Å². The average Bonchev–Trinajstić information content (AvgIpc) is 2.44. The Labute approximate surface area is 114 Å². The van der Waals surface area contributed by atoms with Gasteiger partial charge in [-0.15, -0.1) is 0 Å². The minimum atomic E-state index is -0.134. The van der Waals surface area contributed by atoms with E-state index in [-0.39, 0.29) is 17.7 Å². The number of aliphatic hydroxyl groups excluding tert-OH is 1. The number of hydrogen-bond acceptors (Lipinski definition) is 3. The first-order valence-electron chi connectivity index (χ1n) is 7.17. The van der Waals surface area contributed by atoms with Gasteiger partial charge in [0.25, 0.3) is 5.56 Å². The molecule has 1 aliphatic carbocycles. The van der Waals surface area contributed by atoms with Crippen molar-refractivity contribution in [2.24, 2.45) is 5.92 Å². The summed E-state index contributed by atoms with van der Waals surface area (Å²) in [5.41, 5.74) is -0.107. The molecular formula is C15H24N2O2. The maximum atomic E-state index is 11.6. The molecule has 0 atom stereocenters. The van der Waals surface area contributed by atoms with Crippen molar-refractivity contribution in [3.05, 3.63) is 34.7 Å². The first-order valence-corrected chi connectivity index (χ1v) is 7.17. The molecule has 0 bridgehead atoms. The Bertz CT molecular complexity index is 447. The van der Waals surface area contributed by atoms with Gasteiger partial charge in [-0.1, -0.05) is 13.0 Å². The molecular weight excluding hydrogens is 240 g/mol. The molecule has 4 nitrogen and oxygen atoms in total. The van der Waals surface area contributed by atoms with Gasteiger partial charge in [0.2, 0.25) is 0 Å². The molecule has 0 radical (unpaired) electrons. The van der Waals surface area contributed by atoms with Crippen LogP contribution in [-0.2, 0) is 6.54 Å². The SMILES string of the molecule is CC1CCC(CO)(NCCn2ccccc2=O)CC1. The molecule has 0 aromatic carbocycles. The number of hydrogen-bond donors (Lipinski definition) is 2. The maximum Gasteiger partial charge on any atom is 0.250 e. The fraction of sp³-hybridized carbons (Fsp3) is 0.667. The Balaban J connectivity index is 1.87. The number of pyridine rings is 1. The van der Waals surface area contributed by atoms with Gasteiger partial charge in [-0.25, -0.2) is 0 Å². The normalized spacial score (nSPS) is 27.4. The quantitative estimate of drug-likeness (QED) is 0.845. The summed E-state index contributed by atoms with van der Waals surface area (Å²) >= 11 is 0. The van der Waals surface area contributed by atoms with E-state index >= 15 is 0 Å². The number of aromatic nitrogens is 1. The lowest BCUT2D eigenvalue weighted by atomic mass is 9.77. The number of nitrogens with one attached hydrogen (secondary N) is 1. The third-order valence-electron chi connectivity index (χ3n) is 4.29. The van der Waals surface area contributed by atoms with Crippen LogP contribution in [0, 0.1) is 5.92 Å². The Hall–Kier alpha value is -1.13. The van der Waals surface area contributed by atoms with Crippen molar-refractivity contribution in [2.45, 2.75) is 44.7 Å². The summed E-state index contributed by atoms with van der Waals surface area (Å²) in [4.78, 5) is 11.6. The summed E-state index contributed by atoms with van der Waals surface area (Å²) in [5, 5.41) is 13.1. The van der Waals surface area contributed by atoms with Crippen LogP contribution >= 0.6 is 0 Å². The molecule has 0 saturated heterocycles. The minimum Gasteiger partial charge on any atom is -0.394 e. The van der Waals surface area contributed by atoms with E-state index in [4.69, 9.17) is 0 Å². The molecule has 0 spiro atoms. The number of nitrogens with zero attached hydrogens (tertiary/aromatic N) is 1. The summed E-state index contributed by atoms with van der Waals surface area (Å²) in [6.45, 7) is 3.82. The zero-order valence-corrected chi connectivity index (χ0v) is 11.6. The van der Waals surface area contributed by atoms with Gasteiger partial charge < -0.3 is 15.0 Å². The predicted octanol–water partition coefficient (Wildman–Crippen LogP) is 1.38. The van der Waals surface area contributed by atoms with Crippen LogP contribution in [0.2, 0.25) is 0 Å². The zero-order chi connectivity index (χ0) is 13.7. The highest BCUT2D eigenvalue weighted by molar-refractivity contribution is 4.94. The molecule has 4 heteroatoms. The van der Waals surface area contributed by atoms with Crippen LogP contribution in [-0.4, -0.2) is 28.4 Å². The Morgan fingerprint density at radius 3 is 2.79 bits per heavy atom. The molecule has 1 heterocycles. The summed E-state index contributed by atoms with van der Waals surface area (Å²) < 4.78 is 1.70. The molecule has 106 valence electrons. The topological polar surface area (TPSA) is 54.3 Å². The highest BCUT2D eigenvalue weighted by Crippen LogP contribution is 2.31. The second-order valence-electron chi connectivity index (χ2n) is 5.78. The molecule has 2 rings (SSSR count). The smallest absolute Gasteiger partial charge is 0.250 e. The van der Waals surface area contributed by atoms with E-state index in [1.54, 1.807) is 22.9 Å². The average molecular weight is 264 g/mol. The van der Waals surface area contributed by atoms with Gasteiger partial charge in [-0.05, 0) is 37.7 Å². The van der Waals surface area contributed by atoms with Crippen molar-refractivity contribution in [2.75, 3.05) is 13.2 Å². The summed E-state index contributed by atoms with van der Waals surface area (Å²) in [5.74, 6) is 0.762. The highest BCUT2D eigenvalue weighted by Gasteiger charge is 2.32. The van der Waals surface area contributed by atoms with Crippen molar-refractivity contribution < 1.29 is 5.11 Å². The molecule has 1 aromatic rings. The van der Waals surface area contributed by atoms with Gasteiger partial charge in [-0.3, -0.25) is 4.79 Å². The third-order valence-corrected chi connectivity index (χ3v) is 4.29. The number of aliphatic hydroxyl groups is 1. The second kappa shape index (κ2) is 6.35. The lowest BCUT2D eigenvalue weighted by molar-refractivity contribution is 0.105. The van der Waals surface area contributed by atoms with Crippen LogP contribution in [0.25, 0.3) is 0 Å². The molecule has 1 aromatic heterocycles. The van der Waals surface area contributed by atoms with Crippen molar-refractivity contribution in [1.82, 2.24) is 9.88 Å². The van der Waals surface area contributed by atoms with Crippen LogP contribution < -0.4 is 10.9 Å². The molecule has 0 amide bonds. The molecule has 1 fully saturated rings. The summed E-state index contributed by atoms with van der Waals surface area (Å²) in [7, 11) is 0. The fourth-order valence-corrected chi connectivity index (χ4v) is 2.79. The highest BCUT2D eigenvalue weighted by atomic mass is 16.3. The van der Waals surface area contributed by atoms with Gasteiger partial charge in [0.1, 0.15) is 0 Å². The molecule has 0 aliphatic heterocycles. The van der Waals surface area contributed by atoms with Gasteiger partial charge >= 0.3 is 0 Å². The van der Waals surface area contributed by atoms with E-state index in [1.807, 2.05) is 6.07 Å². The first-order chi connectivity index (χ1) is 9.15. The van der Waals surface area contributed by atoms with Crippen molar-refractivity contribution >= 4 is 0 Å². The Morgan fingerprint density at radius 2 is 2.16 bits per heavy atom. The van der Waals surface area contributed by atoms with Gasteiger partial charge in [0.05, 0.1) is 6.61 Å². The largest absolute Gasteiger partial charge is 0.394 e. The van der Waals surface area contributed by atoms with E-state index in [9.17, 15) is 9.90 Å². The van der Waals surface area contributed by atoms with Crippen LogP contribution in [0.15, 0.2) is 29.2 Å².